The van der Waals surface area contributed by atoms with E-state index in [0.717, 1.165) is 0 Å². The Bertz CT molecular complexity index is 496. The van der Waals surface area contributed by atoms with Crippen LogP contribution in [0.15, 0.2) is 0 Å². The molecule has 4 unspecified atom stereocenters. The Labute approximate surface area is 142 Å². The zero-order chi connectivity index (χ0) is 17.9. The van der Waals surface area contributed by atoms with Crippen molar-refractivity contribution in [1.82, 2.24) is 0 Å². The molecule has 14 heteroatoms. The number of phosphoric acid groups is 1. The van der Waals surface area contributed by atoms with Crippen molar-refractivity contribution in [3.8, 4) is 0 Å². The minimum atomic E-state index is -4.41. The Balaban J connectivity index is 1.85. The number of ether oxygens (including phenoxy) is 2. The third kappa shape index (κ3) is 6.21. The van der Waals surface area contributed by atoms with Gasteiger partial charge in [-0.15, -0.1) is 0 Å². The van der Waals surface area contributed by atoms with Crippen molar-refractivity contribution in [3.63, 3.8) is 0 Å². The largest absolute Gasteiger partial charge is 0.472 e. The fourth-order valence-corrected chi connectivity index (χ4v) is 4.05. The van der Waals surface area contributed by atoms with Crippen LogP contribution >= 0.6 is 16.1 Å². The molecule has 2 rings (SSSR count). The normalized spacial score (nSPS) is 40.5. The highest BCUT2D eigenvalue weighted by molar-refractivity contribution is 7.47. The Morgan fingerprint density at radius 1 is 1.17 bits per heavy atom. The van der Waals surface area contributed by atoms with E-state index in [2.05, 4.69) is 4.52 Å². The topological polar surface area (TPSA) is 141 Å². The van der Waals surface area contributed by atoms with Gasteiger partial charge < -0.3 is 28.9 Å². The van der Waals surface area contributed by atoms with E-state index in [-0.39, 0.29) is 25.2 Å². The summed E-state index contributed by atoms with van der Waals surface area (Å²) in [6, 6.07) is -0.412. The summed E-state index contributed by atoms with van der Waals surface area (Å²) in [6.45, 7) is -0.515. The molecule has 2 saturated heterocycles. The van der Waals surface area contributed by atoms with Gasteiger partial charge in [0.25, 0.3) is 0 Å². The fourth-order valence-electron chi connectivity index (χ4n) is 2.79. The second-order valence-corrected chi connectivity index (χ2v) is 8.22. The maximum atomic E-state index is 12.1. The number of phosphoric ester groups is 1. The zero-order valence-electron chi connectivity index (χ0n) is 13.4. The molecule has 2 heterocycles. The lowest BCUT2D eigenvalue weighted by Gasteiger charge is -2.22. The summed E-state index contributed by atoms with van der Waals surface area (Å²) < 4.78 is 48.2. The molecule has 2 fully saturated rings. The van der Waals surface area contributed by atoms with Crippen LogP contribution in [0.3, 0.4) is 0 Å². The quantitative estimate of drug-likeness (QED) is 0.309. The van der Waals surface area contributed by atoms with Crippen LogP contribution in [0.4, 0.5) is 0 Å². The molecule has 0 bridgehead atoms. The van der Waals surface area contributed by atoms with E-state index in [4.69, 9.17) is 23.4 Å². The van der Waals surface area contributed by atoms with Gasteiger partial charge in [0.05, 0.1) is 25.4 Å². The lowest BCUT2D eigenvalue weighted by atomic mass is 9.96. The summed E-state index contributed by atoms with van der Waals surface area (Å²) in [6.07, 6.45) is -2.28. The SMILES string of the molecule is B[C@H]1CC(O)[C@@H](COP(=O)(O)OC2C[C@H](B)O[C@@H]2CO[PH](=O)O)O1. The molecular weight excluding hydrogens is 364 g/mol. The summed E-state index contributed by atoms with van der Waals surface area (Å²) in [5, 5.41) is 9.74. The maximum Gasteiger partial charge on any atom is 0.472 e. The van der Waals surface area contributed by atoms with Gasteiger partial charge >= 0.3 is 16.1 Å². The maximum absolute atomic E-state index is 12.1. The first kappa shape index (κ1) is 20.6. The molecule has 2 aliphatic heterocycles. The number of aliphatic hydroxyl groups excluding tert-OH is 1. The average Bonchev–Trinajstić information content (AvgIpc) is 2.95. The van der Waals surface area contributed by atoms with Crippen LogP contribution in [0.2, 0.25) is 0 Å². The van der Waals surface area contributed by atoms with Gasteiger partial charge in [0, 0.05) is 12.0 Å². The van der Waals surface area contributed by atoms with Crippen LogP contribution in [0.5, 0.6) is 0 Å². The van der Waals surface area contributed by atoms with Crippen molar-refractivity contribution in [2.24, 2.45) is 0 Å². The molecule has 0 aromatic heterocycles. The van der Waals surface area contributed by atoms with Crippen LogP contribution in [0.1, 0.15) is 12.8 Å². The number of hydrogen-bond donors (Lipinski definition) is 3. The third-order valence-corrected chi connectivity index (χ3v) is 5.26. The van der Waals surface area contributed by atoms with Crippen LogP contribution in [-0.2, 0) is 32.2 Å². The summed E-state index contributed by atoms with van der Waals surface area (Å²) in [5.41, 5.74) is 0. The Kier molecular flexibility index (Phi) is 7.52. The lowest BCUT2D eigenvalue weighted by molar-refractivity contribution is -0.0228. The fraction of sp³-hybridized carbons (Fsp3) is 1.00. The Morgan fingerprint density at radius 3 is 2.38 bits per heavy atom. The Hall–Kier alpha value is 0.270. The van der Waals surface area contributed by atoms with Gasteiger partial charge in [0.2, 0.25) is 0 Å². The van der Waals surface area contributed by atoms with Gasteiger partial charge in [0.15, 0.2) is 0 Å². The molecule has 2 aliphatic rings. The molecule has 24 heavy (non-hydrogen) atoms. The smallest absolute Gasteiger partial charge is 0.390 e. The molecular formula is C10H22B2O10P2. The van der Waals surface area contributed by atoms with E-state index in [9.17, 15) is 19.1 Å². The summed E-state index contributed by atoms with van der Waals surface area (Å²) in [7, 11) is -4.01. The van der Waals surface area contributed by atoms with Crippen molar-refractivity contribution in [3.05, 3.63) is 0 Å². The first-order valence-electron chi connectivity index (χ1n) is 7.66. The van der Waals surface area contributed by atoms with E-state index < -0.39 is 40.5 Å². The first-order chi connectivity index (χ1) is 11.2. The van der Waals surface area contributed by atoms with Crippen molar-refractivity contribution in [2.45, 2.75) is 49.3 Å². The first-order valence-corrected chi connectivity index (χ1v) is 10.4. The lowest BCUT2D eigenvalue weighted by Crippen LogP contribution is -2.29. The predicted octanol–water partition coefficient (Wildman–Crippen LogP) is -2.26. The molecule has 0 saturated carbocycles. The van der Waals surface area contributed by atoms with E-state index in [1.165, 1.54) is 0 Å². The molecule has 0 radical (unpaired) electrons. The van der Waals surface area contributed by atoms with Crippen LogP contribution < -0.4 is 0 Å². The van der Waals surface area contributed by atoms with Gasteiger partial charge in [-0.1, -0.05) is 0 Å². The predicted molar refractivity (Wildman–Crippen MR) is 87.5 cm³/mol. The van der Waals surface area contributed by atoms with Crippen molar-refractivity contribution in [1.29, 1.82) is 0 Å². The highest BCUT2D eigenvalue weighted by Crippen LogP contribution is 2.47. The van der Waals surface area contributed by atoms with E-state index in [1.54, 1.807) is 15.7 Å². The minimum Gasteiger partial charge on any atom is -0.390 e. The van der Waals surface area contributed by atoms with E-state index >= 15 is 0 Å². The van der Waals surface area contributed by atoms with Gasteiger partial charge in [-0.2, -0.15) is 0 Å². The van der Waals surface area contributed by atoms with Gasteiger partial charge in [-0.3, -0.25) is 13.6 Å². The second kappa shape index (κ2) is 8.77. The molecule has 3 N–H and O–H groups in total. The zero-order valence-corrected chi connectivity index (χ0v) is 15.3. The van der Waals surface area contributed by atoms with Gasteiger partial charge in [-0.25, -0.2) is 4.57 Å². The van der Waals surface area contributed by atoms with Crippen LogP contribution in [0.25, 0.3) is 0 Å². The third-order valence-electron chi connectivity index (χ3n) is 3.84. The average molecular weight is 386 g/mol. The summed E-state index contributed by atoms with van der Waals surface area (Å²) in [5.74, 6) is 0. The van der Waals surface area contributed by atoms with E-state index in [0.29, 0.717) is 12.8 Å². The molecule has 0 amide bonds. The number of hydrogen-bond acceptors (Lipinski definition) is 8. The summed E-state index contributed by atoms with van der Waals surface area (Å²) >= 11 is 0. The molecule has 0 aliphatic carbocycles. The number of rotatable bonds is 8. The van der Waals surface area contributed by atoms with Gasteiger partial charge in [-0.05, 0) is 12.8 Å². The van der Waals surface area contributed by atoms with Gasteiger partial charge in [0.1, 0.15) is 27.9 Å². The standard InChI is InChI=1S/C10H22B2O10P2/c11-9-1-5(13)7(20-9)4-19-24(16,17)22-6-2-10(12)21-8(6)3-18-23(14)15/h5-10,13,23H,1-4,11-12H2,(H,14,15)(H,16,17)/t5?,6?,7-,8-,9-,10-/m1/s1. The molecule has 0 aromatic rings. The van der Waals surface area contributed by atoms with Crippen LogP contribution in [0, 0.1) is 0 Å². The van der Waals surface area contributed by atoms with Crippen molar-refractivity contribution < 1.29 is 47.1 Å². The molecule has 138 valence electrons. The van der Waals surface area contributed by atoms with E-state index in [1.807, 2.05) is 0 Å². The molecule has 0 aromatic carbocycles. The van der Waals surface area contributed by atoms with Crippen molar-refractivity contribution >= 4 is 31.8 Å². The molecule has 0 spiro atoms. The second-order valence-electron chi connectivity index (χ2n) is 5.99. The summed E-state index contributed by atoms with van der Waals surface area (Å²) in [4.78, 5) is 18.6. The highest BCUT2D eigenvalue weighted by atomic mass is 31.2. The van der Waals surface area contributed by atoms with Crippen LogP contribution in [-0.4, -0.2) is 80.2 Å². The molecule has 10 nitrogen and oxygen atoms in total. The van der Waals surface area contributed by atoms with Crippen molar-refractivity contribution in [2.75, 3.05) is 13.2 Å². The Morgan fingerprint density at radius 2 is 1.79 bits per heavy atom. The minimum absolute atomic E-state index is 0.153. The monoisotopic (exact) mass is 386 g/mol. The number of aliphatic hydroxyl groups is 1. The molecule has 8 atom stereocenters. The highest BCUT2D eigenvalue weighted by Gasteiger charge is 2.40.